The number of aromatic hydroxyl groups is 4. The number of hydrogen-bond acceptors (Lipinski definition) is 14. The number of nitrogens with zero attached hydrogens (tertiary/aromatic N) is 2. The molecule has 5 heterocycles. The molecule has 0 amide bonds. The molecule has 6 bridgehead atoms. The van der Waals surface area contributed by atoms with E-state index in [9.17, 15) is 25.2 Å². The maximum absolute atomic E-state index is 12.1. The number of phenolic OH excluding ortho intramolecular Hbond substituents is 3. The Bertz CT molecular complexity index is 3060. The van der Waals surface area contributed by atoms with E-state index in [0.717, 1.165) is 61.7 Å². The van der Waals surface area contributed by atoms with Crippen LogP contribution in [-0.2, 0) is 25.7 Å². The van der Waals surface area contributed by atoms with Gasteiger partial charge in [-0.1, -0.05) is 18.2 Å². The van der Waals surface area contributed by atoms with Crippen molar-refractivity contribution in [3.8, 4) is 80.3 Å². The molecule has 346 valence electrons. The van der Waals surface area contributed by atoms with Crippen LogP contribution in [0.2, 0.25) is 0 Å². The summed E-state index contributed by atoms with van der Waals surface area (Å²) in [4.78, 5) is 16.9. The molecule has 4 aliphatic rings. The Labute approximate surface area is 387 Å². The summed E-state index contributed by atoms with van der Waals surface area (Å²) >= 11 is 0. The smallest absolute Gasteiger partial charge is 0.235 e. The molecular weight excluding hydrogens is 857 g/mol. The highest BCUT2D eigenvalue weighted by atomic mass is 16.5. The Hall–Kier alpha value is -7.55. The quantitative estimate of drug-likeness (QED) is 0.120. The van der Waals surface area contributed by atoms with Crippen molar-refractivity contribution in [2.75, 3.05) is 55.6 Å². The molecule has 14 heteroatoms. The van der Waals surface area contributed by atoms with Crippen LogP contribution in [0.1, 0.15) is 45.5 Å². The number of methoxy groups -OCH3 is 4. The molecule has 0 spiro atoms. The maximum atomic E-state index is 12.1. The van der Waals surface area contributed by atoms with E-state index in [1.54, 1.807) is 28.4 Å². The second-order valence-corrected chi connectivity index (χ2v) is 16.9. The van der Waals surface area contributed by atoms with Gasteiger partial charge in [0.1, 0.15) is 17.1 Å². The molecule has 11 rings (SSSR count). The van der Waals surface area contributed by atoms with E-state index >= 15 is 0 Å². The third kappa shape index (κ3) is 8.57. The van der Waals surface area contributed by atoms with Gasteiger partial charge < -0.3 is 53.3 Å². The topological polar surface area (TPSA) is 173 Å². The highest BCUT2D eigenvalue weighted by Gasteiger charge is 2.35. The van der Waals surface area contributed by atoms with Crippen molar-refractivity contribution in [1.29, 1.82) is 0 Å². The Balaban J connectivity index is 0.000000223. The van der Waals surface area contributed by atoms with Gasteiger partial charge >= 0.3 is 0 Å². The average molecular weight is 909 g/mol. The number of rotatable bonds is 5. The third-order valence-corrected chi connectivity index (χ3v) is 12.9. The lowest BCUT2D eigenvalue weighted by molar-refractivity contribution is 0.220. The van der Waals surface area contributed by atoms with E-state index in [-0.39, 0.29) is 45.9 Å². The monoisotopic (exact) mass is 908 g/mol. The minimum absolute atomic E-state index is 0.000437. The summed E-state index contributed by atoms with van der Waals surface area (Å²) in [5.41, 5.74) is 6.81. The molecule has 0 saturated carbocycles. The summed E-state index contributed by atoms with van der Waals surface area (Å²) in [6, 6.07) is 28.8. The van der Waals surface area contributed by atoms with Crippen molar-refractivity contribution in [2.24, 2.45) is 0 Å². The molecule has 1 aromatic heterocycles. The van der Waals surface area contributed by atoms with Crippen LogP contribution in [0, 0.1) is 0 Å². The standard InChI is InChI=1S/C38H42N2O6.C15H10O6/c1-39-15-13-25-20-32(42-4)34-22-28(25)29(39)17-23-7-10-27(11-8-23)45-33-19-24(9-12-31(33)41-3)18-30-36-26(14-16-40(30)2)21-35(43-5)37(44-6)38(36)46-34;16-8-2-3-9-12(6-8)21-15(14(20)13(9)19)7-1-4-10(17)11(18)5-7/h7-12,19-22,29-30H,13-18H2,1-6H3;1-6,16-18,20H. The second-order valence-electron chi connectivity index (χ2n) is 16.9. The highest BCUT2D eigenvalue weighted by Crippen LogP contribution is 2.52. The number of hydrogen-bond donors (Lipinski definition) is 4. The average Bonchev–Trinajstić information content (AvgIpc) is 3.33. The number of likely N-dealkylation sites (N-methyl/N-ethyl adjacent to an activating group) is 2. The number of phenols is 3. The minimum Gasteiger partial charge on any atom is -0.508 e. The summed E-state index contributed by atoms with van der Waals surface area (Å²) < 4.78 is 42.5. The van der Waals surface area contributed by atoms with Gasteiger partial charge in [-0.25, -0.2) is 0 Å². The van der Waals surface area contributed by atoms with Gasteiger partial charge in [-0.05, 0) is 140 Å². The van der Waals surface area contributed by atoms with Gasteiger partial charge in [-0.3, -0.25) is 14.6 Å². The van der Waals surface area contributed by atoms with Crippen LogP contribution in [0.4, 0.5) is 0 Å². The van der Waals surface area contributed by atoms with Gasteiger partial charge in [-0.2, -0.15) is 0 Å². The lowest BCUT2D eigenvalue weighted by Crippen LogP contribution is -2.34. The van der Waals surface area contributed by atoms with Crippen molar-refractivity contribution < 1.29 is 53.3 Å². The van der Waals surface area contributed by atoms with Gasteiger partial charge in [0.25, 0.3) is 0 Å². The van der Waals surface area contributed by atoms with E-state index in [1.165, 1.54) is 52.6 Å². The first-order valence-corrected chi connectivity index (χ1v) is 21.9. The normalized spacial score (nSPS) is 16.6. The molecule has 4 aliphatic heterocycles. The van der Waals surface area contributed by atoms with E-state index in [4.69, 9.17) is 32.8 Å². The fourth-order valence-corrected chi connectivity index (χ4v) is 9.31. The highest BCUT2D eigenvalue weighted by molar-refractivity contribution is 5.83. The summed E-state index contributed by atoms with van der Waals surface area (Å²) in [6.45, 7) is 1.86. The van der Waals surface area contributed by atoms with Gasteiger partial charge in [-0.15, -0.1) is 0 Å². The fraction of sp³-hybridized carbons (Fsp3) is 0.264. The first kappa shape index (κ1) is 44.6. The molecule has 14 nitrogen and oxygen atoms in total. The summed E-state index contributed by atoms with van der Waals surface area (Å²) in [6.07, 6.45) is 3.37. The van der Waals surface area contributed by atoms with E-state index in [1.807, 2.05) is 18.2 Å². The Morgan fingerprint density at radius 3 is 2.00 bits per heavy atom. The first-order chi connectivity index (χ1) is 32.4. The maximum Gasteiger partial charge on any atom is 0.235 e. The number of fused-ring (bicyclic) bond motifs is 3. The van der Waals surface area contributed by atoms with Gasteiger partial charge in [0.05, 0.1) is 33.8 Å². The molecule has 2 atom stereocenters. The molecule has 4 N–H and O–H groups in total. The molecule has 67 heavy (non-hydrogen) atoms. The van der Waals surface area contributed by atoms with Crippen molar-refractivity contribution in [2.45, 2.75) is 37.8 Å². The lowest BCUT2D eigenvalue weighted by atomic mass is 9.87. The zero-order valence-corrected chi connectivity index (χ0v) is 38.1. The van der Waals surface area contributed by atoms with Crippen LogP contribution < -0.4 is 33.8 Å². The Morgan fingerprint density at radius 2 is 1.28 bits per heavy atom. The first-order valence-electron chi connectivity index (χ1n) is 21.9. The Kier molecular flexibility index (Phi) is 12.2. The number of ether oxygens (including phenoxy) is 6. The van der Waals surface area contributed by atoms with Crippen LogP contribution in [0.25, 0.3) is 22.3 Å². The van der Waals surface area contributed by atoms with E-state index < -0.39 is 16.9 Å². The van der Waals surface area contributed by atoms with Gasteiger partial charge in [0.2, 0.25) is 16.9 Å². The largest absolute Gasteiger partial charge is 0.508 e. The predicted molar refractivity (Wildman–Crippen MR) is 252 cm³/mol. The van der Waals surface area contributed by atoms with Crippen LogP contribution >= 0.6 is 0 Å². The van der Waals surface area contributed by atoms with Gasteiger partial charge in [0, 0.05) is 42.4 Å². The fourth-order valence-electron chi connectivity index (χ4n) is 9.31. The zero-order chi connectivity index (χ0) is 47.1. The Morgan fingerprint density at radius 1 is 0.612 bits per heavy atom. The SMILES string of the molecule is COc1ccc2cc1Oc1ccc(cc1)CC1c3cc(c(OC)cc3CCN1C)Oc1c(OC)c(OC)cc3c1C(C2)N(C)CC3.O=c1c(O)c(-c2ccc(O)c(O)c2)oc2cc(O)ccc12. The lowest BCUT2D eigenvalue weighted by Gasteiger charge is -2.37. The van der Waals surface area contributed by atoms with Crippen molar-refractivity contribution in [3.05, 3.63) is 141 Å². The van der Waals surface area contributed by atoms with Gasteiger partial charge in [0.15, 0.2) is 51.8 Å². The van der Waals surface area contributed by atoms with Crippen LogP contribution in [0.5, 0.6) is 69.0 Å². The molecule has 0 radical (unpaired) electrons. The summed E-state index contributed by atoms with van der Waals surface area (Å²) in [7, 11) is 11.1. The zero-order valence-electron chi connectivity index (χ0n) is 38.1. The molecule has 7 aromatic rings. The summed E-state index contributed by atoms with van der Waals surface area (Å²) in [5.74, 6) is 3.81. The van der Waals surface area contributed by atoms with Crippen LogP contribution in [-0.4, -0.2) is 85.8 Å². The minimum atomic E-state index is -0.654. The van der Waals surface area contributed by atoms with Crippen molar-refractivity contribution in [1.82, 2.24) is 9.80 Å². The number of benzene rings is 6. The second kappa shape index (κ2) is 18.4. The van der Waals surface area contributed by atoms with E-state index in [2.05, 4.69) is 66.4 Å². The van der Waals surface area contributed by atoms with Crippen LogP contribution in [0.15, 0.2) is 106 Å². The van der Waals surface area contributed by atoms with Crippen molar-refractivity contribution in [3.63, 3.8) is 0 Å². The molecule has 0 aliphatic carbocycles. The molecule has 0 saturated heterocycles. The predicted octanol–water partition coefficient (Wildman–Crippen LogP) is 9.44. The third-order valence-electron chi connectivity index (χ3n) is 12.9. The van der Waals surface area contributed by atoms with E-state index in [0.29, 0.717) is 40.2 Å². The molecular formula is C53H52N2O12. The van der Waals surface area contributed by atoms with Crippen molar-refractivity contribution >= 4 is 11.0 Å². The van der Waals surface area contributed by atoms with Crippen LogP contribution in [0.3, 0.4) is 0 Å². The molecule has 0 fully saturated rings. The molecule has 6 aromatic carbocycles. The summed E-state index contributed by atoms with van der Waals surface area (Å²) in [5, 5.41) is 38.3. The molecule has 2 unspecified atom stereocenters.